The lowest BCUT2D eigenvalue weighted by atomic mass is 9.78. The zero-order valence-electron chi connectivity index (χ0n) is 20.5. The highest BCUT2D eigenvalue weighted by Gasteiger charge is 2.43. The molecule has 34 heavy (non-hydrogen) atoms. The number of carbonyl (C=O) groups excluding carboxylic acids is 2. The second-order valence-corrected chi connectivity index (χ2v) is 9.15. The van der Waals surface area contributed by atoms with Gasteiger partial charge in [-0.3, -0.25) is 0 Å². The quantitative estimate of drug-likeness (QED) is 0.287. The monoisotopic (exact) mass is 478 g/mol. The van der Waals surface area contributed by atoms with Crippen LogP contribution in [-0.2, 0) is 34.8 Å². The molecule has 1 aromatic rings. The Kier molecular flexibility index (Phi) is 10.5. The molecule has 0 amide bonds. The zero-order valence-corrected chi connectivity index (χ0v) is 20.5. The molecule has 2 atom stereocenters. The SMILES string of the molecule is CCC[C@H]1CC[C@H](CCCCc2ccc(C3O[C@H](OC(=O)OC)[C@@H](OC(=O)OC)O3)cc2)CC1. The molecule has 2 aliphatic rings. The molecular weight excluding hydrogens is 440 g/mol. The van der Waals surface area contributed by atoms with Crippen molar-refractivity contribution < 1.29 is 38.0 Å². The Morgan fingerprint density at radius 2 is 1.35 bits per heavy atom. The van der Waals surface area contributed by atoms with E-state index in [9.17, 15) is 9.59 Å². The first-order valence-corrected chi connectivity index (χ1v) is 12.4. The van der Waals surface area contributed by atoms with E-state index in [1.807, 2.05) is 24.3 Å². The number of benzene rings is 1. The van der Waals surface area contributed by atoms with Gasteiger partial charge in [-0.1, -0.05) is 82.6 Å². The van der Waals surface area contributed by atoms with Gasteiger partial charge in [0.15, 0.2) is 6.29 Å². The predicted octanol–water partition coefficient (Wildman–Crippen LogP) is 6.27. The first-order valence-electron chi connectivity index (χ1n) is 12.4. The third kappa shape index (κ3) is 7.87. The van der Waals surface area contributed by atoms with E-state index in [4.69, 9.17) is 18.9 Å². The van der Waals surface area contributed by atoms with Crippen LogP contribution in [0.25, 0.3) is 0 Å². The summed E-state index contributed by atoms with van der Waals surface area (Å²) < 4.78 is 30.2. The molecule has 1 saturated heterocycles. The maximum Gasteiger partial charge on any atom is 0.510 e. The van der Waals surface area contributed by atoms with Crippen molar-refractivity contribution in [1.29, 1.82) is 0 Å². The van der Waals surface area contributed by atoms with Crippen LogP contribution in [0.5, 0.6) is 0 Å². The summed E-state index contributed by atoms with van der Waals surface area (Å²) in [5.41, 5.74) is 1.97. The Balaban J connectivity index is 1.43. The first kappa shape index (κ1) is 26.3. The molecule has 1 heterocycles. The molecule has 0 radical (unpaired) electrons. The minimum Gasteiger partial charge on any atom is -0.438 e. The first-order chi connectivity index (χ1) is 16.5. The molecule has 0 unspecified atom stereocenters. The van der Waals surface area contributed by atoms with Crippen LogP contribution in [-0.4, -0.2) is 39.1 Å². The van der Waals surface area contributed by atoms with E-state index in [0.29, 0.717) is 0 Å². The van der Waals surface area contributed by atoms with Gasteiger partial charge in [0.05, 0.1) is 14.2 Å². The second-order valence-electron chi connectivity index (χ2n) is 9.15. The van der Waals surface area contributed by atoms with E-state index in [-0.39, 0.29) is 0 Å². The summed E-state index contributed by atoms with van der Waals surface area (Å²) in [4.78, 5) is 22.9. The number of carbonyl (C=O) groups is 2. The molecule has 1 aliphatic heterocycles. The van der Waals surface area contributed by atoms with Gasteiger partial charge in [-0.05, 0) is 30.2 Å². The Hall–Kier alpha value is -2.32. The Bertz CT molecular complexity index is 731. The Morgan fingerprint density at radius 3 is 1.85 bits per heavy atom. The second kappa shape index (κ2) is 13.5. The van der Waals surface area contributed by atoms with Crippen LogP contribution in [0, 0.1) is 11.8 Å². The summed E-state index contributed by atoms with van der Waals surface area (Å²) in [6.07, 6.45) is 7.82. The minimum absolute atomic E-state index is 0.724. The molecular formula is C26H38O8. The summed E-state index contributed by atoms with van der Waals surface area (Å²) >= 11 is 0. The maximum absolute atomic E-state index is 11.5. The zero-order chi connectivity index (χ0) is 24.3. The average Bonchev–Trinajstić information content (AvgIpc) is 3.25. The fraction of sp³-hybridized carbons (Fsp3) is 0.692. The minimum atomic E-state index is -1.27. The standard InChI is InChI=1S/C26H38O8/c1-4-7-18-10-12-19(13-11-18)8-5-6-9-20-14-16-21(17-15-20)22-31-23(33-25(27)29-2)24(32-22)34-26(28)30-3/h14-19,22-24H,4-13H2,1-3H3/t18-,19-,23-,24-/m1/s1. The Morgan fingerprint density at radius 1 is 0.824 bits per heavy atom. The molecule has 8 heteroatoms. The van der Waals surface area contributed by atoms with E-state index < -0.39 is 31.2 Å². The molecule has 8 nitrogen and oxygen atoms in total. The van der Waals surface area contributed by atoms with Gasteiger partial charge in [-0.15, -0.1) is 0 Å². The lowest BCUT2D eigenvalue weighted by Crippen LogP contribution is -2.32. The fourth-order valence-electron chi connectivity index (χ4n) is 4.83. The van der Waals surface area contributed by atoms with Crippen molar-refractivity contribution >= 4 is 12.3 Å². The molecule has 0 N–H and O–H groups in total. The summed E-state index contributed by atoms with van der Waals surface area (Å²) in [6, 6.07) is 7.90. The summed E-state index contributed by atoms with van der Waals surface area (Å²) in [5.74, 6) is 1.88. The fourth-order valence-corrected chi connectivity index (χ4v) is 4.83. The van der Waals surface area contributed by atoms with Gasteiger partial charge in [-0.25, -0.2) is 9.59 Å². The summed E-state index contributed by atoms with van der Waals surface area (Å²) in [7, 11) is 2.34. The third-order valence-corrected chi connectivity index (χ3v) is 6.74. The van der Waals surface area contributed by atoms with Crippen molar-refractivity contribution in [2.24, 2.45) is 11.8 Å². The van der Waals surface area contributed by atoms with E-state index >= 15 is 0 Å². The van der Waals surface area contributed by atoms with Crippen molar-refractivity contribution in [2.75, 3.05) is 14.2 Å². The van der Waals surface area contributed by atoms with Crippen LogP contribution in [0.4, 0.5) is 9.59 Å². The molecule has 190 valence electrons. The topological polar surface area (TPSA) is 89.5 Å². The molecule has 2 fully saturated rings. The van der Waals surface area contributed by atoms with Crippen LogP contribution >= 0.6 is 0 Å². The molecule has 0 aromatic heterocycles. The number of ether oxygens (including phenoxy) is 6. The number of methoxy groups -OCH3 is 2. The largest absolute Gasteiger partial charge is 0.510 e. The van der Waals surface area contributed by atoms with Gasteiger partial charge in [-0.2, -0.15) is 0 Å². The van der Waals surface area contributed by atoms with Crippen LogP contribution in [0.2, 0.25) is 0 Å². The van der Waals surface area contributed by atoms with Crippen molar-refractivity contribution in [3.05, 3.63) is 35.4 Å². The summed E-state index contributed by atoms with van der Waals surface area (Å²) in [5, 5.41) is 0. The lowest BCUT2D eigenvalue weighted by Gasteiger charge is -2.28. The van der Waals surface area contributed by atoms with Crippen molar-refractivity contribution in [1.82, 2.24) is 0 Å². The van der Waals surface area contributed by atoms with Crippen molar-refractivity contribution in [3.63, 3.8) is 0 Å². The molecule has 3 rings (SSSR count). The van der Waals surface area contributed by atoms with Crippen LogP contribution < -0.4 is 0 Å². The highest BCUT2D eigenvalue weighted by Crippen LogP contribution is 2.35. The van der Waals surface area contributed by atoms with Gasteiger partial charge in [0.2, 0.25) is 0 Å². The maximum atomic E-state index is 11.5. The third-order valence-electron chi connectivity index (χ3n) is 6.74. The Labute approximate surface area is 202 Å². The van der Waals surface area contributed by atoms with Gasteiger partial charge in [0, 0.05) is 5.56 Å². The number of hydrogen-bond acceptors (Lipinski definition) is 8. The van der Waals surface area contributed by atoms with E-state index in [0.717, 1.165) is 23.8 Å². The number of hydrogen-bond donors (Lipinski definition) is 0. The van der Waals surface area contributed by atoms with Crippen molar-refractivity contribution in [2.45, 2.75) is 90.0 Å². The molecule has 1 aromatic carbocycles. The molecule has 1 saturated carbocycles. The highest BCUT2D eigenvalue weighted by atomic mass is 16.9. The van der Waals surface area contributed by atoms with Gasteiger partial charge >= 0.3 is 12.3 Å². The average molecular weight is 479 g/mol. The lowest BCUT2D eigenvalue weighted by molar-refractivity contribution is -0.156. The number of aryl methyl sites for hydroxylation is 1. The number of rotatable bonds is 10. The number of unbranched alkanes of at least 4 members (excludes halogenated alkanes) is 1. The smallest absolute Gasteiger partial charge is 0.438 e. The predicted molar refractivity (Wildman–Crippen MR) is 124 cm³/mol. The normalized spacial score (nSPS) is 25.0. The van der Waals surface area contributed by atoms with Crippen molar-refractivity contribution in [3.8, 4) is 0 Å². The van der Waals surface area contributed by atoms with E-state index in [1.54, 1.807) is 0 Å². The van der Waals surface area contributed by atoms with Gasteiger partial charge < -0.3 is 28.4 Å². The van der Waals surface area contributed by atoms with Gasteiger partial charge in [0.1, 0.15) is 0 Å². The highest BCUT2D eigenvalue weighted by molar-refractivity contribution is 5.61. The molecule has 0 spiro atoms. The van der Waals surface area contributed by atoms with Crippen LogP contribution in [0.1, 0.15) is 82.1 Å². The van der Waals surface area contributed by atoms with E-state index in [1.165, 1.54) is 77.6 Å². The van der Waals surface area contributed by atoms with Crippen LogP contribution in [0.15, 0.2) is 24.3 Å². The van der Waals surface area contributed by atoms with E-state index in [2.05, 4.69) is 16.4 Å². The molecule has 0 bridgehead atoms. The van der Waals surface area contributed by atoms with Crippen LogP contribution in [0.3, 0.4) is 0 Å². The van der Waals surface area contributed by atoms with Gasteiger partial charge in [0.25, 0.3) is 12.6 Å². The summed E-state index contributed by atoms with van der Waals surface area (Å²) in [6.45, 7) is 2.29. The molecule has 1 aliphatic carbocycles.